The maximum atomic E-state index is 11.6. The van der Waals surface area contributed by atoms with Crippen LogP contribution in [0.25, 0.3) is 0 Å². The number of hydrogen-bond acceptors (Lipinski definition) is 3. The lowest BCUT2D eigenvalue weighted by Gasteiger charge is -2.26. The van der Waals surface area contributed by atoms with Gasteiger partial charge in [0.1, 0.15) is 5.54 Å². The molecule has 0 amide bonds. The summed E-state index contributed by atoms with van der Waals surface area (Å²) < 4.78 is 14.3. The van der Waals surface area contributed by atoms with Gasteiger partial charge in [0, 0.05) is 5.88 Å². The van der Waals surface area contributed by atoms with Crippen molar-refractivity contribution in [2.75, 3.05) is 26.7 Å². The molecule has 94 valence electrons. The fourth-order valence-electron chi connectivity index (χ4n) is 1.87. The van der Waals surface area contributed by atoms with E-state index in [4.69, 9.17) is 16.3 Å². The SMILES string of the molecule is C=C(CCl)C[C@@]1(C(=O)OC)CCCN1.CF. The highest BCUT2D eigenvalue weighted by atomic mass is 35.5. The summed E-state index contributed by atoms with van der Waals surface area (Å²) in [5, 5.41) is 3.19. The number of alkyl halides is 2. The van der Waals surface area contributed by atoms with E-state index in [0.717, 1.165) is 25.0 Å². The number of carbonyl (C=O) groups is 1. The van der Waals surface area contributed by atoms with Gasteiger partial charge in [-0.25, -0.2) is 0 Å². The number of hydrogen-bond donors (Lipinski definition) is 1. The zero-order valence-corrected chi connectivity index (χ0v) is 10.6. The summed E-state index contributed by atoms with van der Waals surface area (Å²) in [4.78, 5) is 11.6. The molecule has 1 N–H and O–H groups in total. The largest absolute Gasteiger partial charge is 0.468 e. The van der Waals surface area contributed by atoms with E-state index in [1.54, 1.807) is 0 Å². The first-order valence-corrected chi connectivity index (χ1v) is 5.62. The van der Waals surface area contributed by atoms with Crippen LogP contribution in [-0.2, 0) is 9.53 Å². The third kappa shape index (κ3) is 3.76. The lowest BCUT2D eigenvalue weighted by molar-refractivity contribution is -0.147. The van der Waals surface area contributed by atoms with Crippen molar-refractivity contribution in [3.63, 3.8) is 0 Å². The van der Waals surface area contributed by atoms with E-state index in [1.165, 1.54) is 7.11 Å². The molecule has 5 heteroatoms. The predicted molar refractivity (Wildman–Crippen MR) is 63.5 cm³/mol. The van der Waals surface area contributed by atoms with Crippen molar-refractivity contribution < 1.29 is 13.9 Å². The highest BCUT2D eigenvalue weighted by Crippen LogP contribution is 2.27. The highest BCUT2D eigenvalue weighted by Gasteiger charge is 2.42. The van der Waals surface area contributed by atoms with Crippen molar-refractivity contribution in [2.45, 2.75) is 24.8 Å². The van der Waals surface area contributed by atoms with Gasteiger partial charge in [0.15, 0.2) is 0 Å². The molecule has 1 heterocycles. The van der Waals surface area contributed by atoms with E-state index in [0.29, 0.717) is 19.5 Å². The normalized spacial score (nSPS) is 23.2. The van der Waals surface area contributed by atoms with Gasteiger partial charge in [-0.15, -0.1) is 11.6 Å². The minimum atomic E-state index is -0.569. The second-order valence-electron chi connectivity index (χ2n) is 3.66. The van der Waals surface area contributed by atoms with Crippen LogP contribution in [-0.4, -0.2) is 38.2 Å². The maximum absolute atomic E-state index is 11.6. The summed E-state index contributed by atoms with van der Waals surface area (Å²) in [7, 11) is 1.91. The molecule has 1 aliphatic heterocycles. The van der Waals surface area contributed by atoms with Crippen LogP contribution in [0.15, 0.2) is 12.2 Å². The molecule has 0 aromatic carbocycles. The summed E-state index contributed by atoms with van der Waals surface area (Å²) in [5.41, 5.74) is 0.298. The van der Waals surface area contributed by atoms with E-state index in [-0.39, 0.29) is 5.97 Å². The van der Waals surface area contributed by atoms with Crippen LogP contribution >= 0.6 is 11.6 Å². The van der Waals surface area contributed by atoms with E-state index >= 15 is 0 Å². The molecule has 0 aliphatic carbocycles. The molecule has 1 fully saturated rings. The number of nitrogens with one attached hydrogen (secondary N) is 1. The molecule has 0 aromatic heterocycles. The summed E-state index contributed by atoms with van der Waals surface area (Å²) in [5.74, 6) is 0.182. The second kappa shape index (κ2) is 7.63. The lowest BCUT2D eigenvalue weighted by atomic mass is 9.90. The molecule has 0 aromatic rings. The maximum Gasteiger partial charge on any atom is 0.326 e. The average molecular weight is 252 g/mol. The van der Waals surface area contributed by atoms with Crippen LogP contribution in [0.5, 0.6) is 0 Å². The molecule has 1 saturated heterocycles. The lowest BCUT2D eigenvalue weighted by Crippen LogP contribution is -2.48. The molecule has 3 nitrogen and oxygen atoms in total. The average Bonchev–Trinajstić information content (AvgIpc) is 2.80. The van der Waals surface area contributed by atoms with Crippen molar-refractivity contribution in [3.05, 3.63) is 12.2 Å². The summed E-state index contributed by atoms with van der Waals surface area (Å²) in [6.45, 7) is 4.67. The monoisotopic (exact) mass is 251 g/mol. The minimum absolute atomic E-state index is 0.207. The van der Waals surface area contributed by atoms with Crippen LogP contribution in [0.2, 0.25) is 0 Å². The number of halogens is 2. The van der Waals surface area contributed by atoms with Crippen molar-refractivity contribution in [3.8, 4) is 0 Å². The fraction of sp³-hybridized carbons (Fsp3) is 0.727. The van der Waals surface area contributed by atoms with Crippen LogP contribution in [0, 0.1) is 0 Å². The van der Waals surface area contributed by atoms with Gasteiger partial charge in [0.2, 0.25) is 0 Å². The molecule has 1 rings (SSSR count). The first-order valence-electron chi connectivity index (χ1n) is 5.08. The standard InChI is InChI=1S/C10H16ClNO2.CH3F/c1-8(7-11)6-10(9(13)14-2)4-3-5-12-10;1-2/h12H,1,3-7H2,2H3;1H3/t10-;/m1./s1. The van der Waals surface area contributed by atoms with E-state index in [2.05, 4.69) is 11.9 Å². The first-order chi connectivity index (χ1) is 7.64. The molecular formula is C11H19ClFNO2. The molecule has 0 saturated carbocycles. The van der Waals surface area contributed by atoms with Gasteiger partial charge < -0.3 is 10.1 Å². The third-order valence-electron chi connectivity index (χ3n) is 2.56. The molecule has 1 atom stereocenters. The number of carbonyl (C=O) groups excluding carboxylic acids is 1. The van der Waals surface area contributed by atoms with Gasteiger partial charge in [-0.05, 0) is 25.8 Å². The Kier molecular flexibility index (Phi) is 7.34. The van der Waals surface area contributed by atoms with Crippen LogP contribution in [0.1, 0.15) is 19.3 Å². The second-order valence-corrected chi connectivity index (χ2v) is 3.93. The van der Waals surface area contributed by atoms with Gasteiger partial charge in [0.25, 0.3) is 0 Å². The summed E-state index contributed by atoms with van der Waals surface area (Å²) in [6.07, 6.45) is 2.36. The Hall–Kier alpha value is -0.610. The minimum Gasteiger partial charge on any atom is -0.468 e. The van der Waals surface area contributed by atoms with Gasteiger partial charge in [-0.2, -0.15) is 0 Å². The quantitative estimate of drug-likeness (QED) is 0.472. The Morgan fingerprint density at radius 2 is 2.25 bits per heavy atom. The Morgan fingerprint density at radius 1 is 1.62 bits per heavy atom. The summed E-state index contributed by atoms with van der Waals surface area (Å²) >= 11 is 5.66. The molecule has 1 aliphatic rings. The van der Waals surface area contributed by atoms with Gasteiger partial charge in [-0.3, -0.25) is 9.18 Å². The Bertz CT molecular complexity index is 240. The van der Waals surface area contributed by atoms with E-state index < -0.39 is 5.54 Å². The highest BCUT2D eigenvalue weighted by molar-refractivity contribution is 6.19. The van der Waals surface area contributed by atoms with Crippen LogP contribution < -0.4 is 5.32 Å². The van der Waals surface area contributed by atoms with Crippen molar-refractivity contribution in [1.29, 1.82) is 0 Å². The zero-order chi connectivity index (χ0) is 12.6. The number of ether oxygens (including phenoxy) is 1. The third-order valence-corrected chi connectivity index (χ3v) is 2.94. The molecular weight excluding hydrogens is 233 g/mol. The van der Waals surface area contributed by atoms with Crippen molar-refractivity contribution in [1.82, 2.24) is 5.32 Å². The fourth-order valence-corrected chi connectivity index (χ4v) is 1.97. The van der Waals surface area contributed by atoms with Crippen LogP contribution in [0.4, 0.5) is 4.39 Å². The number of rotatable bonds is 4. The van der Waals surface area contributed by atoms with Gasteiger partial charge in [0.05, 0.1) is 14.3 Å². The predicted octanol–water partition coefficient (Wildman–Crippen LogP) is 2.05. The molecule has 0 radical (unpaired) electrons. The van der Waals surface area contributed by atoms with Crippen molar-refractivity contribution >= 4 is 17.6 Å². The Labute approximate surface area is 101 Å². The van der Waals surface area contributed by atoms with E-state index in [1.807, 2.05) is 0 Å². The van der Waals surface area contributed by atoms with Gasteiger partial charge >= 0.3 is 5.97 Å². The zero-order valence-electron chi connectivity index (χ0n) is 9.82. The first kappa shape index (κ1) is 15.4. The molecule has 0 bridgehead atoms. The topological polar surface area (TPSA) is 38.3 Å². The Balaban J connectivity index is 0.00000106. The smallest absolute Gasteiger partial charge is 0.326 e. The van der Waals surface area contributed by atoms with Crippen LogP contribution in [0.3, 0.4) is 0 Å². The molecule has 16 heavy (non-hydrogen) atoms. The van der Waals surface area contributed by atoms with E-state index in [9.17, 15) is 9.18 Å². The summed E-state index contributed by atoms with van der Waals surface area (Å²) in [6, 6.07) is 0. The number of esters is 1. The molecule has 0 unspecified atom stereocenters. The van der Waals surface area contributed by atoms with Gasteiger partial charge in [-0.1, -0.05) is 12.2 Å². The number of methoxy groups -OCH3 is 1. The molecule has 0 spiro atoms. The Morgan fingerprint density at radius 3 is 2.62 bits per heavy atom. The van der Waals surface area contributed by atoms with Crippen molar-refractivity contribution in [2.24, 2.45) is 0 Å².